The van der Waals surface area contributed by atoms with E-state index in [0.29, 0.717) is 0 Å². The predicted octanol–water partition coefficient (Wildman–Crippen LogP) is 3.63. The molecule has 0 bridgehead atoms. The molecule has 0 amide bonds. The van der Waals surface area contributed by atoms with Gasteiger partial charge in [0.25, 0.3) is 0 Å². The zero-order chi connectivity index (χ0) is 13.9. The van der Waals surface area contributed by atoms with Crippen LogP contribution in [0.1, 0.15) is 49.4 Å². The molecule has 2 aromatic rings. The number of nitrogens with one attached hydrogen (secondary N) is 1. The second-order valence-corrected chi connectivity index (χ2v) is 5.98. The average molecular weight is 269 g/mol. The fourth-order valence-electron chi connectivity index (χ4n) is 3.49. The van der Waals surface area contributed by atoms with Crippen molar-refractivity contribution in [2.24, 2.45) is 11.8 Å². The Morgan fingerprint density at radius 3 is 2.80 bits per heavy atom. The third-order valence-electron chi connectivity index (χ3n) is 4.50. The first-order valence-corrected chi connectivity index (χ1v) is 7.60. The first-order chi connectivity index (χ1) is 9.78. The molecule has 1 aliphatic carbocycles. The molecule has 1 saturated carbocycles. The molecular weight excluding hydrogens is 246 g/mol. The summed E-state index contributed by atoms with van der Waals surface area (Å²) in [5.41, 5.74) is 6.46. The number of aromatic nitrogens is 1. The summed E-state index contributed by atoms with van der Waals surface area (Å²) >= 11 is 0. The molecule has 1 heterocycles. The van der Waals surface area contributed by atoms with E-state index in [1.807, 2.05) is 6.07 Å². The fraction of sp³-hybridized carbons (Fsp3) is 0.471. The first kappa shape index (κ1) is 13.5. The molecule has 1 aliphatic rings. The smallest absolute Gasteiger partial charge is 0.0708 e. The minimum Gasteiger partial charge on any atom is -0.271 e. The van der Waals surface area contributed by atoms with Gasteiger partial charge < -0.3 is 0 Å². The molecule has 1 atom stereocenters. The summed E-state index contributed by atoms with van der Waals surface area (Å²) in [5, 5.41) is 1.22. The zero-order valence-electron chi connectivity index (χ0n) is 12.1. The molecule has 0 aliphatic heterocycles. The Balaban J connectivity index is 1.97. The molecule has 3 N–H and O–H groups in total. The van der Waals surface area contributed by atoms with Gasteiger partial charge in [0.2, 0.25) is 0 Å². The van der Waals surface area contributed by atoms with Crippen molar-refractivity contribution in [2.45, 2.75) is 45.1 Å². The number of hydrogen-bond donors (Lipinski definition) is 2. The quantitative estimate of drug-likeness (QED) is 0.658. The lowest BCUT2D eigenvalue weighted by Crippen LogP contribution is -2.29. The SMILES string of the molecule is Cc1cc(C(CC2CCCC2)NN)c2ccccc2n1. The molecule has 106 valence electrons. The summed E-state index contributed by atoms with van der Waals surface area (Å²) in [4.78, 5) is 4.62. The van der Waals surface area contributed by atoms with Gasteiger partial charge in [-0.15, -0.1) is 0 Å². The van der Waals surface area contributed by atoms with E-state index >= 15 is 0 Å². The third kappa shape index (κ3) is 2.69. The zero-order valence-corrected chi connectivity index (χ0v) is 12.1. The van der Waals surface area contributed by atoms with Crippen LogP contribution >= 0.6 is 0 Å². The summed E-state index contributed by atoms with van der Waals surface area (Å²) in [6.07, 6.45) is 6.57. The van der Waals surface area contributed by atoms with Crippen LogP contribution in [0.25, 0.3) is 10.9 Å². The molecule has 0 saturated heterocycles. The number of nitrogens with two attached hydrogens (primary N) is 1. The first-order valence-electron chi connectivity index (χ1n) is 7.60. The van der Waals surface area contributed by atoms with Crippen molar-refractivity contribution in [1.29, 1.82) is 0 Å². The number of para-hydroxylation sites is 1. The lowest BCUT2D eigenvalue weighted by atomic mass is 9.92. The van der Waals surface area contributed by atoms with Gasteiger partial charge >= 0.3 is 0 Å². The maximum absolute atomic E-state index is 5.85. The maximum Gasteiger partial charge on any atom is 0.0708 e. The molecular formula is C17H23N3. The highest BCUT2D eigenvalue weighted by molar-refractivity contribution is 5.82. The summed E-state index contributed by atoms with van der Waals surface area (Å²) in [6.45, 7) is 2.05. The summed E-state index contributed by atoms with van der Waals surface area (Å²) in [5.74, 6) is 6.66. The number of benzene rings is 1. The van der Waals surface area contributed by atoms with Gasteiger partial charge in [-0.2, -0.15) is 0 Å². The van der Waals surface area contributed by atoms with Gasteiger partial charge in [-0.1, -0.05) is 43.9 Å². The van der Waals surface area contributed by atoms with Crippen molar-refractivity contribution in [3.63, 3.8) is 0 Å². The average Bonchev–Trinajstić information content (AvgIpc) is 2.97. The van der Waals surface area contributed by atoms with E-state index < -0.39 is 0 Å². The number of rotatable bonds is 4. The van der Waals surface area contributed by atoms with Crippen LogP contribution in [0.2, 0.25) is 0 Å². The predicted molar refractivity (Wildman–Crippen MR) is 83.1 cm³/mol. The van der Waals surface area contributed by atoms with Gasteiger partial charge in [-0.05, 0) is 37.0 Å². The molecule has 0 radical (unpaired) electrons. The van der Waals surface area contributed by atoms with E-state index in [-0.39, 0.29) is 6.04 Å². The monoisotopic (exact) mass is 269 g/mol. The highest BCUT2D eigenvalue weighted by Gasteiger charge is 2.22. The molecule has 1 aromatic heterocycles. The Kier molecular flexibility index (Phi) is 3.99. The van der Waals surface area contributed by atoms with Crippen LogP contribution in [-0.4, -0.2) is 4.98 Å². The largest absolute Gasteiger partial charge is 0.271 e. The molecule has 3 nitrogen and oxygen atoms in total. The van der Waals surface area contributed by atoms with Gasteiger partial charge in [-0.3, -0.25) is 16.3 Å². The Bertz CT molecular complexity index is 588. The van der Waals surface area contributed by atoms with Gasteiger partial charge in [-0.25, -0.2) is 0 Å². The van der Waals surface area contributed by atoms with E-state index in [1.54, 1.807) is 0 Å². The maximum atomic E-state index is 5.85. The van der Waals surface area contributed by atoms with Crippen LogP contribution in [-0.2, 0) is 0 Å². The number of hydrogen-bond acceptors (Lipinski definition) is 3. The molecule has 3 rings (SSSR count). The summed E-state index contributed by atoms with van der Waals surface area (Å²) in [6, 6.07) is 10.8. The molecule has 1 fully saturated rings. The number of aryl methyl sites for hydroxylation is 1. The van der Waals surface area contributed by atoms with Crippen molar-refractivity contribution in [1.82, 2.24) is 10.4 Å². The lowest BCUT2D eigenvalue weighted by Gasteiger charge is -2.22. The van der Waals surface area contributed by atoms with Gasteiger partial charge in [0.1, 0.15) is 0 Å². The van der Waals surface area contributed by atoms with Crippen molar-refractivity contribution >= 4 is 10.9 Å². The van der Waals surface area contributed by atoms with E-state index in [1.165, 1.54) is 36.6 Å². The van der Waals surface area contributed by atoms with Gasteiger partial charge in [0.05, 0.1) is 5.52 Å². The molecule has 0 spiro atoms. The summed E-state index contributed by atoms with van der Waals surface area (Å²) < 4.78 is 0. The van der Waals surface area contributed by atoms with Crippen LogP contribution < -0.4 is 11.3 Å². The Morgan fingerprint density at radius 1 is 1.30 bits per heavy atom. The van der Waals surface area contributed by atoms with Crippen LogP contribution in [0.15, 0.2) is 30.3 Å². The Hall–Kier alpha value is -1.45. The molecule has 3 heteroatoms. The van der Waals surface area contributed by atoms with Crippen molar-refractivity contribution < 1.29 is 0 Å². The standard InChI is InChI=1S/C17H23N3/c1-12-10-15(14-8-4-5-9-16(14)19-12)17(20-18)11-13-6-2-3-7-13/h4-5,8-10,13,17,20H,2-3,6-7,11,18H2,1H3. The van der Waals surface area contributed by atoms with E-state index in [2.05, 4.69) is 41.6 Å². The van der Waals surface area contributed by atoms with Gasteiger partial charge in [0, 0.05) is 17.1 Å². The van der Waals surface area contributed by atoms with Crippen molar-refractivity contribution in [3.05, 3.63) is 41.6 Å². The Morgan fingerprint density at radius 2 is 2.05 bits per heavy atom. The number of hydrazine groups is 1. The van der Waals surface area contributed by atoms with Crippen LogP contribution in [0.3, 0.4) is 0 Å². The number of nitrogens with zero attached hydrogens (tertiary/aromatic N) is 1. The van der Waals surface area contributed by atoms with E-state index in [4.69, 9.17) is 5.84 Å². The molecule has 20 heavy (non-hydrogen) atoms. The van der Waals surface area contributed by atoms with Crippen molar-refractivity contribution in [2.75, 3.05) is 0 Å². The van der Waals surface area contributed by atoms with Crippen LogP contribution in [0, 0.1) is 12.8 Å². The van der Waals surface area contributed by atoms with E-state index in [0.717, 1.165) is 23.5 Å². The second-order valence-electron chi connectivity index (χ2n) is 5.98. The van der Waals surface area contributed by atoms with Crippen molar-refractivity contribution in [3.8, 4) is 0 Å². The Labute approximate surface area is 120 Å². The topological polar surface area (TPSA) is 50.9 Å². The highest BCUT2D eigenvalue weighted by Crippen LogP contribution is 2.34. The fourth-order valence-corrected chi connectivity index (χ4v) is 3.49. The minimum absolute atomic E-state index is 0.227. The number of pyridine rings is 1. The molecule has 1 aromatic carbocycles. The highest BCUT2D eigenvalue weighted by atomic mass is 15.2. The van der Waals surface area contributed by atoms with E-state index in [9.17, 15) is 0 Å². The minimum atomic E-state index is 0.227. The molecule has 1 unspecified atom stereocenters. The van der Waals surface area contributed by atoms with Crippen LogP contribution in [0.5, 0.6) is 0 Å². The normalized spacial score (nSPS) is 17.7. The third-order valence-corrected chi connectivity index (χ3v) is 4.50. The van der Waals surface area contributed by atoms with Gasteiger partial charge in [0.15, 0.2) is 0 Å². The lowest BCUT2D eigenvalue weighted by molar-refractivity contribution is 0.401. The second kappa shape index (κ2) is 5.90. The van der Waals surface area contributed by atoms with Crippen LogP contribution in [0.4, 0.5) is 0 Å². The number of fused-ring (bicyclic) bond motifs is 1. The summed E-state index contributed by atoms with van der Waals surface area (Å²) in [7, 11) is 0.